The molecule has 2 aromatic carbocycles. The first-order valence-corrected chi connectivity index (χ1v) is 9.68. The third-order valence-electron chi connectivity index (χ3n) is 3.65. The van der Waals surface area contributed by atoms with Gasteiger partial charge in [-0.25, -0.2) is 0 Å². The van der Waals surface area contributed by atoms with E-state index in [1.807, 2.05) is 60.7 Å². The van der Waals surface area contributed by atoms with E-state index < -0.39 is 0 Å². The van der Waals surface area contributed by atoms with Crippen LogP contribution in [0.25, 0.3) is 0 Å². The Balaban J connectivity index is 1.54. The Morgan fingerprint density at radius 3 is 1.44 bits per heavy atom. The zero-order chi connectivity index (χ0) is 17.5. The van der Waals surface area contributed by atoms with Crippen LogP contribution in [0.2, 0.25) is 0 Å². The summed E-state index contributed by atoms with van der Waals surface area (Å²) in [5.74, 6) is -0.211. The Kier molecular flexibility index (Phi) is 5.83. The van der Waals surface area contributed by atoms with E-state index in [1.165, 1.54) is 0 Å². The van der Waals surface area contributed by atoms with Crippen molar-refractivity contribution in [2.75, 3.05) is 0 Å². The van der Waals surface area contributed by atoms with E-state index in [-0.39, 0.29) is 26.3 Å². The fraction of sp³-hybridized carbons (Fsp3) is 0.100. The molecule has 25 heavy (non-hydrogen) atoms. The van der Waals surface area contributed by atoms with Crippen LogP contribution in [0.1, 0.15) is 29.6 Å². The normalized spacial score (nSPS) is 10.2. The number of nitrogens with one attached hydrogen (secondary N) is 2. The zero-order valence-electron chi connectivity index (χ0n) is 13.6. The monoisotopic (exact) mass is 398 g/mol. The standard InChI is InChI=1S/C20H18N2O2Se/c23-19(21-13-15-7-3-1-4-8-15)17-11-12-18(25-17)20(24)22-14-16-9-5-2-6-10-16/h1-12H,13-14H2,(H,21,23)(H,22,24). The number of carbonyl (C=O) groups excluding carboxylic acids is 2. The van der Waals surface area contributed by atoms with Gasteiger partial charge in [0.2, 0.25) is 0 Å². The molecule has 126 valence electrons. The predicted octanol–water partition coefficient (Wildman–Crippen LogP) is 2.60. The molecule has 0 atom stereocenters. The molecule has 1 heterocycles. The molecule has 2 N–H and O–H groups in total. The van der Waals surface area contributed by atoms with Crippen LogP contribution in [0.15, 0.2) is 72.8 Å². The van der Waals surface area contributed by atoms with Gasteiger partial charge in [-0.3, -0.25) is 0 Å². The van der Waals surface area contributed by atoms with Crippen molar-refractivity contribution in [3.63, 3.8) is 0 Å². The van der Waals surface area contributed by atoms with Crippen molar-refractivity contribution in [3.05, 3.63) is 92.8 Å². The van der Waals surface area contributed by atoms with Crippen LogP contribution in [0, 0.1) is 0 Å². The summed E-state index contributed by atoms with van der Waals surface area (Å²) in [4.78, 5) is 24.5. The van der Waals surface area contributed by atoms with E-state index >= 15 is 0 Å². The van der Waals surface area contributed by atoms with Crippen molar-refractivity contribution in [2.24, 2.45) is 0 Å². The van der Waals surface area contributed by atoms with E-state index in [0.29, 0.717) is 22.0 Å². The third kappa shape index (κ3) is 4.92. The number of hydrogen-bond donors (Lipinski definition) is 2. The average molecular weight is 397 g/mol. The molecule has 0 saturated carbocycles. The number of hydrogen-bond acceptors (Lipinski definition) is 2. The van der Waals surface area contributed by atoms with Gasteiger partial charge in [0.1, 0.15) is 0 Å². The van der Waals surface area contributed by atoms with Crippen LogP contribution in [-0.2, 0) is 13.1 Å². The number of benzene rings is 2. The summed E-state index contributed by atoms with van der Waals surface area (Å²) in [7, 11) is 0. The molecule has 0 radical (unpaired) electrons. The van der Waals surface area contributed by atoms with Crippen LogP contribution in [0.3, 0.4) is 0 Å². The van der Waals surface area contributed by atoms with Gasteiger partial charge in [0.05, 0.1) is 0 Å². The molecule has 0 bridgehead atoms. The second-order valence-corrected chi connectivity index (χ2v) is 7.77. The van der Waals surface area contributed by atoms with Gasteiger partial charge in [0.25, 0.3) is 0 Å². The van der Waals surface area contributed by atoms with Crippen LogP contribution in [0.4, 0.5) is 0 Å². The zero-order valence-corrected chi connectivity index (χ0v) is 15.3. The maximum atomic E-state index is 12.2. The van der Waals surface area contributed by atoms with Crippen molar-refractivity contribution in [1.29, 1.82) is 0 Å². The Labute approximate surface area is 152 Å². The van der Waals surface area contributed by atoms with E-state index in [0.717, 1.165) is 11.1 Å². The SMILES string of the molecule is O=C(NCc1ccccc1)c1ccc(C(=O)NCc2ccccc2)[se]1. The summed E-state index contributed by atoms with van der Waals surface area (Å²) in [5, 5.41) is 5.80. The van der Waals surface area contributed by atoms with Crippen molar-refractivity contribution < 1.29 is 9.59 Å². The molecule has 0 aliphatic carbocycles. The van der Waals surface area contributed by atoms with E-state index in [1.54, 1.807) is 12.1 Å². The van der Waals surface area contributed by atoms with Gasteiger partial charge in [0, 0.05) is 0 Å². The molecule has 0 aliphatic rings. The summed E-state index contributed by atoms with van der Waals surface area (Å²) in [6.07, 6.45) is 0. The molecule has 3 rings (SSSR count). The van der Waals surface area contributed by atoms with E-state index in [9.17, 15) is 9.59 Å². The van der Waals surface area contributed by atoms with Gasteiger partial charge in [0.15, 0.2) is 0 Å². The van der Waals surface area contributed by atoms with Crippen LogP contribution in [-0.4, -0.2) is 26.3 Å². The Hall–Kier alpha value is -2.62. The van der Waals surface area contributed by atoms with E-state index in [4.69, 9.17) is 0 Å². The molecule has 0 unspecified atom stereocenters. The van der Waals surface area contributed by atoms with Crippen LogP contribution in [0.5, 0.6) is 0 Å². The van der Waals surface area contributed by atoms with Crippen molar-refractivity contribution >= 4 is 26.3 Å². The van der Waals surface area contributed by atoms with Crippen molar-refractivity contribution in [2.45, 2.75) is 13.1 Å². The summed E-state index contributed by atoms with van der Waals surface area (Å²) in [6.45, 7) is 0.977. The molecular weight excluding hydrogens is 379 g/mol. The van der Waals surface area contributed by atoms with Gasteiger partial charge in [-0.1, -0.05) is 0 Å². The average Bonchev–Trinajstić information content (AvgIpc) is 3.16. The quantitative estimate of drug-likeness (QED) is 0.629. The first kappa shape index (κ1) is 17.2. The first-order valence-electron chi connectivity index (χ1n) is 7.96. The molecule has 5 heteroatoms. The van der Waals surface area contributed by atoms with Crippen LogP contribution < -0.4 is 10.6 Å². The fourth-order valence-corrected chi connectivity index (χ4v) is 4.07. The minimum atomic E-state index is -0.262. The predicted molar refractivity (Wildman–Crippen MR) is 98.6 cm³/mol. The van der Waals surface area contributed by atoms with Crippen LogP contribution >= 0.6 is 0 Å². The summed E-state index contributed by atoms with van der Waals surface area (Å²) in [6, 6.07) is 23.0. The topological polar surface area (TPSA) is 58.2 Å². The molecule has 0 aliphatic heterocycles. The number of rotatable bonds is 6. The minimum absolute atomic E-state index is 0.106. The molecule has 0 spiro atoms. The summed E-state index contributed by atoms with van der Waals surface area (Å²) >= 11 is -0.262. The maximum absolute atomic E-state index is 12.2. The fourth-order valence-electron chi connectivity index (χ4n) is 2.31. The Morgan fingerprint density at radius 2 is 1.04 bits per heavy atom. The first-order chi connectivity index (χ1) is 12.2. The number of amides is 2. The molecular formula is C20H18N2O2Se. The van der Waals surface area contributed by atoms with Crippen molar-refractivity contribution in [3.8, 4) is 0 Å². The second-order valence-electron chi connectivity index (χ2n) is 5.50. The summed E-state index contributed by atoms with van der Waals surface area (Å²) in [5.41, 5.74) is 2.10. The molecule has 3 aromatic rings. The van der Waals surface area contributed by atoms with Crippen molar-refractivity contribution in [1.82, 2.24) is 10.6 Å². The Bertz CT molecular complexity index is 774. The third-order valence-corrected chi connectivity index (χ3v) is 5.92. The van der Waals surface area contributed by atoms with Gasteiger partial charge >= 0.3 is 152 Å². The van der Waals surface area contributed by atoms with Gasteiger partial charge in [-0.05, 0) is 0 Å². The number of carbonyl (C=O) groups is 2. The Morgan fingerprint density at radius 1 is 0.640 bits per heavy atom. The molecule has 0 fully saturated rings. The van der Waals surface area contributed by atoms with Gasteiger partial charge in [-0.2, -0.15) is 0 Å². The molecule has 2 amide bonds. The molecule has 1 aromatic heterocycles. The van der Waals surface area contributed by atoms with Gasteiger partial charge in [-0.15, -0.1) is 0 Å². The molecule has 4 nitrogen and oxygen atoms in total. The summed E-state index contributed by atoms with van der Waals surface area (Å²) < 4.78 is 1.35. The van der Waals surface area contributed by atoms with E-state index in [2.05, 4.69) is 10.6 Å². The van der Waals surface area contributed by atoms with Gasteiger partial charge < -0.3 is 0 Å². The second kappa shape index (κ2) is 8.47. The molecule has 0 saturated heterocycles.